The normalized spacial score (nSPS) is 19.8. The molecule has 2 atom stereocenters. The minimum atomic E-state index is -1.31. The fourth-order valence-electron chi connectivity index (χ4n) is 4.56. The van der Waals surface area contributed by atoms with Gasteiger partial charge in [0.25, 0.3) is 0 Å². The van der Waals surface area contributed by atoms with Gasteiger partial charge in [-0.15, -0.1) is 0 Å². The summed E-state index contributed by atoms with van der Waals surface area (Å²) >= 11 is 12.4. The van der Waals surface area contributed by atoms with Crippen LogP contribution in [0.4, 0.5) is 4.39 Å². The maximum absolute atomic E-state index is 14.0. The predicted octanol–water partition coefficient (Wildman–Crippen LogP) is 5.89. The van der Waals surface area contributed by atoms with Crippen LogP contribution in [0.1, 0.15) is 34.7 Å². The summed E-state index contributed by atoms with van der Waals surface area (Å²) in [6, 6.07) is 17.4. The molecule has 0 bridgehead atoms. The topological polar surface area (TPSA) is 79.7 Å². The second kappa shape index (κ2) is 10.3. The monoisotopic (exact) mass is 554 g/mol. The number of hydrogen-bond donors (Lipinski definition) is 2. The second-order valence-electron chi connectivity index (χ2n) is 8.54. The summed E-state index contributed by atoms with van der Waals surface area (Å²) in [4.78, 5) is 31.9. The number of thiophene rings is 1. The molecule has 6 nitrogen and oxygen atoms in total. The lowest BCUT2D eigenvalue weighted by Crippen LogP contribution is -2.54. The zero-order valence-electron chi connectivity index (χ0n) is 19.2. The molecule has 0 saturated carbocycles. The Morgan fingerprint density at radius 2 is 1.97 bits per heavy atom. The number of Topliss-reactive ketones (excluding diaryl/α,β-unsaturated/α-hetero) is 1. The van der Waals surface area contributed by atoms with Gasteiger partial charge in [0.2, 0.25) is 11.8 Å². The highest BCUT2D eigenvalue weighted by molar-refractivity contribution is 7.78. The first-order valence-electron chi connectivity index (χ1n) is 11.2. The number of aliphatic hydroxyl groups is 1. The largest absolute Gasteiger partial charge is 0.439 e. The number of carbonyl (C=O) groups excluding carboxylic acids is 2. The lowest BCUT2D eigenvalue weighted by atomic mass is 9.75. The van der Waals surface area contributed by atoms with Crippen molar-refractivity contribution in [3.63, 3.8) is 0 Å². The highest BCUT2D eigenvalue weighted by atomic mass is 35.5. The van der Waals surface area contributed by atoms with Gasteiger partial charge >= 0.3 is 0 Å². The average Bonchev–Trinajstić information content (AvgIpc) is 3.43. The molecule has 37 heavy (non-hydrogen) atoms. The van der Waals surface area contributed by atoms with E-state index in [1.165, 1.54) is 33.8 Å². The number of aliphatic hydroxyl groups excluding tert-OH is 1. The van der Waals surface area contributed by atoms with E-state index in [-0.39, 0.29) is 30.4 Å². The van der Waals surface area contributed by atoms with Crippen molar-refractivity contribution >= 4 is 47.4 Å². The summed E-state index contributed by atoms with van der Waals surface area (Å²) in [5, 5.41) is 13.4. The van der Waals surface area contributed by atoms with Gasteiger partial charge in [-0.25, -0.2) is 9.37 Å². The molecule has 1 fully saturated rings. The molecule has 188 valence electrons. The molecule has 4 aromatic rings. The Balaban J connectivity index is 1.58. The number of pyridine rings is 1. The van der Waals surface area contributed by atoms with Crippen LogP contribution in [0.5, 0.6) is 11.6 Å². The van der Waals surface area contributed by atoms with Crippen LogP contribution in [0.25, 0.3) is 0 Å². The number of carbonyl (C=O) groups is 2. The zero-order valence-corrected chi connectivity index (χ0v) is 21.6. The van der Waals surface area contributed by atoms with E-state index in [1.807, 2.05) is 16.8 Å². The van der Waals surface area contributed by atoms with Crippen molar-refractivity contribution in [3.8, 4) is 11.6 Å². The molecule has 1 aliphatic heterocycles. The number of piperidine rings is 1. The van der Waals surface area contributed by atoms with E-state index in [1.54, 1.807) is 42.5 Å². The van der Waals surface area contributed by atoms with Crippen molar-refractivity contribution in [1.82, 2.24) is 9.29 Å². The molecular weight excluding hydrogens is 535 g/mol. The molecule has 1 amide bonds. The van der Waals surface area contributed by atoms with Gasteiger partial charge in [0.15, 0.2) is 5.78 Å². The van der Waals surface area contributed by atoms with Crippen LogP contribution in [-0.4, -0.2) is 26.1 Å². The standard InChI is InChI=1S/C27H20ClFN2O4S2/c28-21-5-2-1-4-20(21)25-22(33)13-27(31(36)26(25)34,17-8-9-37-15-17)23-6-3-7-24(30-23)35-19-11-16(14-32)10-18(29)12-19/h1-12,15,25,32,36H,13-14H2. The van der Waals surface area contributed by atoms with E-state index in [0.29, 0.717) is 27.4 Å². The van der Waals surface area contributed by atoms with E-state index in [2.05, 4.69) is 17.8 Å². The Labute approximate surface area is 226 Å². The Kier molecular flexibility index (Phi) is 7.04. The minimum Gasteiger partial charge on any atom is -0.439 e. The van der Waals surface area contributed by atoms with E-state index >= 15 is 0 Å². The number of rotatable bonds is 6. The summed E-state index contributed by atoms with van der Waals surface area (Å²) in [6.07, 6.45) is -0.0973. The molecule has 0 radical (unpaired) electrons. The Bertz CT molecular complexity index is 1480. The molecule has 5 rings (SSSR count). The van der Waals surface area contributed by atoms with Crippen LogP contribution in [0.3, 0.4) is 0 Å². The van der Waals surface area contributed by atoms with E-state index in [9.17, 15) is 19.1 Å². The van der Waals surface area contributed by atoms with Crippen LogP contribution in [0.2, 0.25) is 5.02 Å². The summed E-state index contributed by atoms with van der Waals surface area (Å²) < 4.78 is 21.0. The highest BCUT2D eigenvalue weighted by Gasteiger charge is 2.53. The number of thiol groups is 1. The Hall–Kier alpha value is -3.24. The first-order chi connectivity index (χ1) is 17.8. The highest BCUT2D eigenvalue weighted by Crippen LogP contribution is 2.48. The van der Waals surface area contributed by atoms with Gasteiger partial charge in [0.1, 0.15) is 23.0 Å². The summed E-state index contributed by atoms with van der Waals surface area (Å²) in [7, 11) is 0. The van der Waals surface area contributed by atoms with Crippen molar-refractivity contribution in [2.24, 2.45) is 0 Å². The van der Waals surface area contributed by atoms with Gasteiger partial charge in [-0.1, -0.05) is 48.7 Å². The molecule has 3 heterocycles. The van der Waals surface area contributed by atoms with Crippen molar-refractivity contribution in [2.45, 2.75) is 24.5 Å². The molecule has 1 N–H and O–H groups in total. The van der Waals surface area contributed by atoms with Crippen molar-refractivity contribution in [1.29, 1.82) is 0 Å². The van der Waals surface area contributed by atoms with Crippen molar-refractivity contribution in [2.75, 3.05) is 0 Å². The van der Waals surface area contributed by atoms with Crippen molar-refractivity contribution < 1.29 is 23.8 Å². The Morgan fingerprint density at radius 1 is 1.16 bits per heavy atom. The zero-order chi connectivity index (χ0) is 26.2. The van der Waals surface area contributed by atoms with Gasteiger partial charge in [0.05, 0.1) is 12.3 Å². The SMILES string of the molecule is O=C1CC(c2ccsc2)(c2cccc(Oc3cc(F)cc(CO)c3)n2)N(S)C(=O)C1c1ccccc1Cl. The van der Waals surface area contributed by atoms with Gasteiger partial charge in [0, 0.05) is 23.6 Å². The molecular formula is C27H20ClFN2O4S2. The summed E-state index contributed by atoms with van der Waals surface area (Å²) in [5.74, 6) is -2.23. The van der Waals surface area contributed by atoms with Crippen molar-refractivity contribution in [3.05, 3.63) is 111 Å². The van der Waals surface area contributed by atoms with Crippen LogP contribution in [0, 0.1) is 5.82 Å². The van der Waals surface area contributed by atoms with Gasteiger partial charge in [-0.3, -0.25) is 13.9 Å². The average molecular weight is 555 g/mol. The quantitative estimate of drug-likeness (QED) is 0.229. The molecule has 0 aliphatic carbocycles. The number of ketones is 1. The lowest BCUT2D eigenvalue weighted by Gasteiger charge is -2.45. The maximum Gasteiger partial charge on any atom is 0.248 e. The van der Waals surface area contributed by atoms with Crippen LogP contribution in [0.15, 0.2) is 77.5 Å². The molecule has 2 aromatic heterocycles. The number of ether oxygens (including phenoxy) is 1. The molecule has 2 aromatic carbocycles. The third-order valence-electron chi connectivity index (χ3n) is 6.27. The number of hydrogen-bond acceptors (Lipinski definition) is 7. The summed E-state index contributed by atoms with van der Waals surface area (Å²) in [6.45, 7) is -0.353. The van der Waals surface area contributed by atoms with Crippen LogP contribution >= 0.6 is 35.8 Å². The van der Waals surface area contributed by atoms with Gasteiger partial charge < -0.3 is 9.84 Å². The first kappa shape index (κ1) is 25.4. The molecule has 2 unspecified atom stereocenters. The van der Waals surface area contributed by atoms with Gasteiger partial charge in [-0.05, 0) is 57.8 Å². The third kappa shape index (κ3) is 4.64. The third-order valence-corrected chi connectivity index (χ3v) is 7.83. The van der Waals surface area contributed by atoms with E-state index in [0.717, 1.165) is 0 Å². The van der Waals surface area contributed by atoms with Gasteiger partial charge in [-0.2, -0.15) is 11.3 Å². The number of halogens is 2. The second-order valence-corrected chi connectivity index (χ2v) is 10.1. The number of aromatic nitrogens is 1. The number of amides is 1. The van der Waals surface area contributed by atoms with Crippen LogP contribution < -0.4 is 4.74 Å². The van der Waals surface area contributed by atoms with Crippen LogP contribution in [-0.2, 0) is 21.7 Å². The molecule has 10 heteroatoms. The predicted molar refractivity (Wildman–Crippen MR) is 141 cm³/mol. The fraction of sp³-hybridized carbons (Fsp3) is 0.148. The smallest absolute Gasteiger partial charge is 0.248 e. The minimum absolute atomic E-state index is 0.0973. The lowest BCUT2D eigenvalue weighted by molar-refractivity contribution is -0.142. The first-order valence-corrected chi connectivity index (χ1v) is 12.9. The maximum atomic E-state index is 14.0. The molecule has 1 aliphatic rings. The number of nitrogens with zero attached hydrogens (tertiary/aromatic N) is 2. The summed E-state index contributed by atoms with van der Waals surface area (Å²) in [5.41, 5.74) is 0.484. The van der Waals surface area contributed by atoms with E-state index < -0.39 is 23.2 Å². The Morgan fingerprint density at radius 3 is 2.70 bits per heavy atom. The molecule has 1 saturated heterocycles. The fourth-order valence-corrected chi connectivity index (χ4v) is 5.93. The van der Waals surface area contributed by atoms with E-state index in [4.69, 9.17) is 16.3 Å². The molecule has 0 spiro atoms. The number of benzene rings is 2.